The Labute approximate surface area is 123 Å². The van der Waals surface area contributed by atoms with E-state index in [1.807, 2.05) is 0 Å². The van der Waals surface area contributed by atoms with E-state index in [0.29, 0.717) is 30.2 Å². The maximum Gasteiger partial charge on any atom is 0.315 e. The maximum absolute atomic E-state index is 11.7. The van der Waals surface area contributed by atoms with E-state index in [2.05, 4.69) is 5.32 Å². The van der Waals surface area contributed by atoms with Crippen LogP contribution in [0, 0.1) is 0 Å². The first kappa shape index (κ1) is 16.4. The summed E-state index contributed by atoms with van der Waals surface area (Å²) in [4.78, 5) is 22.7. The van der Waals surface area contributed by atoms with E-state index < -0.39 is 0 Å². The maximum atomic E-state index is 11.7. The lowest BCUT2D eigenvalue weighted by atomic mass is 10.2. The minimum atomic E-state index is -0.207. The van der Waals surface area contributed by atoms with Crippen molar-refractivity contribution < 1.29 is 14.3 Å². The Kier molecular flexibility index (Phi) is 7.57. The standard InChI is InChI=1S/C14H20N2O3S/c1-2-19-14(18)10-20-8-4-7-13(17)16-12-6-3-5-11(15)9-12/h3,5-6,9H,2,4,7-8,10,15H2,1H3,(H,16,17). The number of benzene rings is 1. The molecule has 1 aromatic carbocycles. The molecule has 0 fully saturated rings. The fourth-order valence-electron chi connectivity index (χ4n) is 1.53. The fraction of sp³-hybridized carbons (Fsp3) is 0.429. The molecule has 0 spiro atoms. The number of carbonyl (C=O) groups is 2. The molecule has 1 amide bonds. The number of hydrogen-bond acceptors (Lipinski definition) is 5. The Hall–Kier alpha value is -1.69. The zero-order valence-electron chi connectivity index (χ0n) is 11.6. The van der Waals surface area contributed by atoms with Gasteiger partial charge >= 0.3 is 5.97 Å². The summed E-state index contributed by atoms with van der Waals surface area (Å²) in [6, 6.07) is 7.07. The highest BCUT2D eigenvalue weighted by atomic mass is 32.2. The first-order valence-electron chi connectivity index (χ1n) is 6.50. The number of nitrogens with two attached hydrogens (primary N) is 1. The molecule has 0 bridgehead atoms. The van der Waals surface area contributed by atoms with Crippen LogP contribution in [0.3, 0.4) is 0 Å². The number of carbonyl (C=O) groups excluding carboxylic acids is 2. The molecular weight excluding hydrogens is 276 g/mol. The molecule has 0 radical (unpaired) electrons. The van der Waals surface area contributed by atoms with Crippen LogP contribution in [0.15, 0.2) is 24.3 Å². The van der Waals surface area contributed by atoms with E-state index in [1.165, 1.54) is 11.8 Å². The van der Waals surface area contributed by atoms with E-state index in [0.717, 1.165) is 12.2 Å². The number of rotatable bonds is 8. The molecule has 0 saturated heterocycles. The van der Waals surface area contributed by atoms with Gasteiger partial charge in [0.25, 0.3) is 0 Å². The molecule has 6 heteroatoms. The fourth-order valence-corrected chi connectivity index (χ4v) is 2.28. The van der Waals surface area contributed by atoms with Crippen LogP contribution in [0.5, 0.6) is 0 Å². The summed E-state index contributed by atoms with van der Waals surface area (Å²) >= 11 is 1.48. The van der Waals surface area contributed by atoms with Gasteiger partial charge in [0.1, 0.15) is 0 Å². The van der Waals surface area contributed by atoms with Crippen LogP contribution in [0.4, 0.5) is 11.4 Å². The minimum absolute atomic E-state index is 0.0488. The van der Waals surface area contributed by atoms with Crippen molar-refractivity contribution in [3.8, 4) is 0 Å². The molecule has 0 heterocycles. The van der Waals surface area contributed by atoms with E-state index >= 15 is 0 Å². The molecule has 0 aliphatic rings. The second-order valence-corrected chi connectivity index (χ2v) is 5.24. The van der Waals surface area contributed by atoms with Crippen LogP contribution in [-0.4, -0.2) is 30.0 Å². The van der Waals surface area contributed by atoms with Crippen molar-refractivity contribution in [2.45, 2.75) is 19.8 Å². The molecule has 0 unspecified atom stereocenters. The number of ether oxygens (including phenoxy) is 1. The average molecular weight is 296 g/mol. The number of hydrogen-bond donors (Lipinski definition) is 2. The van der Waals surface area contributed by atoms with Gasteiger partial charge in [0.2, 0.25) is 5.91 Å². The SMILES string of the molecule is CCOC(=O)CSCCCC(=O)Nc1cccc(N)c1. The van der Waals surface area contributed by atoms with Gasteiger partial charge < -0.3 is 15.8 Å². The van der Waals surface area contributed by atoms with Gasteiger partial charge in [-0.15, -0.1) is 0 Å². The predicted octanol–water partition coefficient (Wildman–Crippen LogP) is 2.28. The zero-order chi connectivity index (χ0) is 14.8. The lowest BCUT2D eigenvalue weighted by Gasteiger charge is -2.06. The van der Waals surface area contributed by atoms with Crippen LogP contribution in [0.2, 0.25) is 0 Å². The largest absolute Gasteiger partial charge is 0.465 e. The van der Waals surface area contributed by atoms with Crippen molar-refractivity contribution in [1.82, 2.24) is 0 Å². The molecule has 0 aliphatic carbocycles. The number of anilines is 2. The molecule has 0 aliphatic heterocycles. The highest BCUT2D eigenvalue weighted by Crippen LogP contribution is 2.12. The van der Waals surface area contributed by atoms with Gasteiger partial charge in [-0.2, -0.15) is 11.8 Å². The smallest absolute Gasteiger partial charge is 0.315 e. The average Bonchev–Trinajstić information content (AvgIpc) is 2.38. The highest BCUT2D eigenvalue weighted by Gasteiger charge is 2.04. The minimum Gasteiger partial charge on any atom is -0.465 e. The second-order valence-electron chi connectivity index (χ2n) is 4.13. The Morgan fingerprint density at radius 2 is 2.20 bits per heavy atom. The van der Waals surface area contributed by atoms with Crippen molar-refractivity contribution in [3.63, 3.8) is 0 Å². The van der Waals surface area contributed by atoms with Crippen LogP contribution < -0.4 is 11.1 Å². The van der Waals surface area contributed by atoms with Crippen LogP contribution in [-0.2, 0) is 14.3 Å². The van der Waals surface area contributed by atoms with Crippen LogP contribution in [0.1, 0.15) is 19.8 Å². The number of esters is 1. The molecule has 5 nitrogen and oxygen atoms in total. The third-order valence-electron chi connectivity index (χ3n) is 2.39. The Bertz CT molecular complexity index is 452. The molecule has 0 saturated carbocycles. The molecule has 110 valence electrons. The Balaban J connectivity index is 2.13. The van der Waals surface area contributed by atoms with Gasteiger partial charge in [0.05, 0.1) is 12.4 Å². The third-order valence-corrected chi connectivity index (χ3v) is 3.41. The van der Waals surface area contributed by atoms with Gasteiger partial charge in [-0.1, -0.05) is 6.07 Å². The molecule has 0 atom stereocenters. The summed E-state index contributed by atoms with van der Waals surface area (Å²) in [5, 5.41) is 2.78. The Morgan fingerprint density at radius 3 is 2.90 bits per heavy atom. The Morgan fingerprint density at radius 1 is 1.40 bits per heavy atom. The highest BCUT2D eigenvalue weighted by molar-refractivity contribution is 7.99. The summed E-state index contributed by atoms with van der Waals surface area (Å²) in [6.45, 7) is 2.19. The monoisotopic (exact) mass is 296 g/mol. The topological polar surface area (TPSA) is 81.4 Å². The summed E-state index contributed by atoms with van der Waals surface area (Å²) < 4.78 is 4.81. The van der Waals surface area contributed by atoms with E-state index in [1.54, 1.807) is 31.2 Å². The quantitative estimate of drug-likeness (QED) is 0.437. The summed E-state index contributed by atoms with van der Waals surface area (Å²) in [7, 11) is 0. The van der Waals surface area contributed by atoms with Crippen molar-refractivity contribution in [2.75, 3.05) is 29.2 Å². The van der Waals surface area contributed by atoms with Gasteiger partial charge in [-0.25, -0.2) is 0 Å². The first-order chi connectivity index (χ1) is 9.61. The second kappa shape index (κ2) is 9.25. The van der Waals surface area contributed by atoms with E-state index in [4.69, 9.17) is 10.5 Å². The van der Waals surface area contributed by atoms with Crippen molar-refractivity contribution in [2.24, 2.45) is 0 Å². The number of amides is 1. The van der Waals surface area contributed by atoms with Gasteiger partial charge in [-0.05, 0) is 37.3 Å². The van der Waals surface area contributed by atoms with Gasteiger partial charge in [0, 0.05) is 17.8 Å². The first-order valence-corrected chi connectivity index (χ1v) is 7.66. The lowest BCUT2D eigenvalue weighted by molar-refractivity contribution is -0.139. The third kappa shape index (κ3) is 7.04. The summed E-state index contributed by atoms with van der Waals surface area (Å²) in [5.41, 5.74) is 6.95. The zero-order valence-corrected chi connectivity index (χ0v) is 12.4. The van der Waals surface area contributed by atoms with Crippen molar-refractivity contribution in [1.29, 1.82) is 0 Å². The molecule has 3 N–H and O–H groups in total. The molecule has 1 rings (SSSR count). The number of nitrogens with one attached hydrogen (secondary N) is 1. The number of thioether (sulfide) groups is 1. The van der Waals surface area contributed by atoms with Crippen LogP contribution >= 0.6 is 11.8 Å². The van der Waals surface area contributed by atoms with Crippen molar-refractivity contribution in [3.05, 3.63) is 24.3 Å². The van der Waals surface area contributed by atoms with E-state index in [-0.39, 0.29) is 11.9 Å². The predicted molar refractivity (Wildman–Crippen MR) is 82.7 cm³/mol. The van der Waals surface area contributed by atoms with E-state index in [9.17, 15) is 9.59 Å². The molecular formula is C14H20N2O3S. The molecule has 20 heavy (non-hydrogen) atoms. The number of nitrogen functional groups attached to an aromatic ring is 1. The van der Waals surface area contributed by atoms with Crippen LogP contribution in [0.25, 0.3) is 0 Å². The lowest BCUT2D eigenvalue weighted by Crippen LogP contribution is -2.12. The summed E-state index contributed by atoms with van der Waals surface area (Å²) in [5.74, 6) is 0.836. The molecule has 0 aromatic heterocycles. The molecule has 1 aromatic rings. The van der Waals surface area contributed by atoms with Crippen molar-refractivity contribution >= 4 is 35.0 Å². The van der Waals surface area contributed by atoms with Gasteiger partial charge in [0.15, 0.2) is 0 Å². The summed E-state index contributed by atoms with van der Waals surface area (Å²) in [6.07, 6.45) is 1.14. The van der Waals surface area contributed by atoms with Gasteiger partial charge in [-0.3, -0.25) is 9.59 Å². The normalized spacial score (nSPS) is 10.1.